The number of ether oxygens (including phenoxy) is 2. The molecule has 26 heavy (non-hydrogen) atoms. The topological polar surface area (TPSA) is 42.0 Å². The van der Waals surface area contributed by atoms with E-state index < -0.39 is 0 Å². The Labute approximate surface area is 154 Å². The van der Waals surface area contributed by atoms with Gasteiger partial charge in [-0.25, -0.2) is 0 Å². The summed E-state index contributed by atoms with van der Waals surface area (Å²) in [5.41, 5.74) is 2.06. The van der Waals surface area contributed by atoms with E-state index in [0.29, 0.717) is 5.75 Å². The predicted molar refractivity (Wildman–Crippen MR) is 104 cm³/mol. The predicted octanol–water partition coefficient (Wildman–Crippen LogP) is 3.07. The summed E-state index contributed by atoms with van der Waals surface area (Å²) in [5, 5.41) is 0. The number of methoxy groups -OCH3 is 2. The smallest absolute Gasteiger partial charge is 0.246 e. The van der Waals surface area contributed by atoms with Crippen LogP contribution in [-0.2, 0) is 4.79 Å². The molecule has 1 saturated heterocycles. The van der Waals surface area contributed by atoms with Crippen molar-refractivity contribution in [1.82, 2.24) is 4.90 Å². The lowest BCUT2D eigenvalue weighted by Gasteiger charge is -2.35. The highest BCUT2D eigenvalue weighted by Crippen LogP contribution is 2.25. The van der Waals surface area contributed by atoms with Crippen molar-refractivity contribution >= 4 is 17.7 Å². The van der Waals surface area contributed by atoms with Crippen molar-refractivity contribution in [1.29, 1.82) is 0 Å². The van der Waals surface area contributed by atoms with E-state index in [1.807, 2.05) is 41.3 Å². The summed E-state index contributed by atoms with van der Waals surface area (Å²) in [6, 6.07) is 15.8. The lowest BCUT2D eigenvalue weighted by molar-refractivity contribution is -0.126. The summed E-state index contributed by atoms with van der Waals surface area (Å²) in [7, 11) is 3.22. The number of benzene rings is 2. The largest absolute Gasteiger partial charge is 0.497 e. The summed E-state index contributed by atoms with van der Waals surface area (Å²) in [6.45, 7) is 3.13. The fraction of sp³-hybridized carbons (Fsp3) is 0.286. The molecule has 0 radical (unpaired) electrons. The molecule has 1 aliphatic rings. The Hall–Kier alpha value is -2.95. The van der Waals surface area contributed by atoms with E-state index in [9.17, 15) is 4.79 Å². The standard InChI is InChI=1S/C21H24N2O3/c1-25-19-10-8-17(20(16-19)26-2)9-11-21(24)23-14-12-22(13-15-23)18-6-4-3-5-7-18/h3-11,16H,12-15H2,1-2H3/b11-9+. The molecule has 0 bridgehead atoms. The van der Waals surface area contributed by atoms with Gasteiger partial charge < -0.3 is 19.3 Å². The average molecular weight is 352 g/mol. The van der Waals surface area contributed by atoms with Crippen molar-refractivity contribution in [3.8, 4) is 11.5 Å². The van der Waals surface area contributed by atoms with Gasteiger partial charge in [0.05, 0.1) is 14.2 Å². The Kier molecular flexibility index (Phi) is 5.79. The normalized spacial score (nSPS) is 14.5. The van der Waals surface area contributed by atoms with Crippen molar-refractivity contribution in [2.24, 2.45) is 0 Å². The highest BCUT2D eigenvalue weighted by Gasteiger charge is 2.19. The van der Waals surface area contributed by atoms with Gasteiger partial charge in [-0.15, -0.1) is 0 Å². The van der Waals surface area contributed by atoms with Crippen LogP contribution in [0.3, 0.4) is 0 Å². The zero-order valence-corrected chi connectivity index (χ0v) is 15.2. The molecule has 0 atom stereocenters. The first-order chi connectivity index (χ1) is 12.7. The molecule has 1 fully saturated rings. The molecular formula is C21H24N2O3. The van der Waals surface area contributed by atoms with Gasteiger partial charge in [0, 0.05) is 49.6 Å². The quantitative estimate of drug-likeness (QED) is 0.776. The van der Waals surface area contributed by atoms with E-state index in [4.69, 9.17) is 9.47 Å². The molecule has 1 heterocycles. The second-order valence-corrected chi connectivity index (χ2v) is 6.09. The van der Waals surface area contributed by atoms with E-state index in [-0.39, 0.29) is 5.91 Å². The first kappa shape index (κ1) is 17.9. The first-order valence-corrected chi connectivity index (χ1v) is 8.70. The minimum absolute atomic E-state index is 0.0237. The molecule has 2 aromatic rings. The van der Waals surface area contributed by atoms with E-state index in [1.165, 1.54) is 5.69 Å². The van der Waals surface area contributed by atoms with Crippen LogP contribution in [0.2, 0.25) is 0 Å². The summed E-state index contributed by atoms with van der Waals surface area (Å²) < 4.78 is 10.6. The number of piperazine rings is 1. The number of hydrogen-bond donors (Lipinski definition) is 0. The maximum Gasteiger partial charge on any atom is 0.246 e. The second kappa shape index (κ2) is 8.43. The van der Waals surface area contributed by atoms with Gasteiger partial charge in [-0.3, -0.25) is 4.79 Å². The molecule has 5 nitrogen and oxygen atoms in total. The maximum absolute atomic E-state index is 12.5. The summed E-state index contributed by atoms with van der Waals surface area (Å²) in [5.74, 6) is 1.43. The number of anilines is 1. The number of para-hydroxylation sites is 1. The van der Waals surface area contributed by atoms with Crippen LogP contribution in [0.4, 0.5) is 5.69 Å². The highest BCUT2D eigenvalue weighted by molar-refractivity contribution is 5.92. The van der Waals surface area contributed by atoms with Crippen LogP contribution in [0, 0.1) is 0 Å². The molecule has 0 aliphatic carbocycles. The molecule has 3 rings (SSSR count). The van der Waals surface area contributed by atoms with Gasteiger partial charge in [-0.1, -0.05) is 18.2 Å². The van der Waals surface area contributed by atoms with Gasteiger partial charge in [0.25, 0.3) is 0 Å². The van der Waals surface area contributed by atoms with Gasteiger partial charge >= 0.3 is 0 Å². The van der Waals surface area contributed by atoms with Gasteiger partial charge in [-0.05, 0) is 30.3 Å². The Morgan fingerprint density at radius 3 is 2.35 bits per heavy atom. The third-order valence-corrected chi connectivity index (χ3v) is 4.56. The number of hydrogen-bond acceptors (Lipinski definition) is 4. The summed E-state index contributed by atoms with van der Waals surface area (Å²) >= 11 is 0. The Morgan fingerprint density at radius 1 is 0.962 bits per heavy atom. The SMILES string of the molecule is COc1ccc(/C=C/C(=O)N2CCN(c3ccccc3)CC2)c(OC)c1. The van der Waals surface area contributed by atoms with Crippen LogP contribution in [0.15, 0.2) is 54.6 Å². The van der Waals surface area contributed by atoms with Crippen LogP contribution in [-0.4, -0.2) is 51.2 Å². The Balaban J connectivity index is 1.60. The van der Waals surface area contributed by atoms with Crippen molar-refractivity contribution in [2.45, 2.75) is 0 Å². The maximum atomic E-state index is 12.5. The minimum Gasteiger partial charge on any atom is -0.497 e. The number of carbonyl (C=O) groups is 1. The molecule has 0 aromatic heterocycles. The molecule has 1 amide bonds. The molecular weight excluding hydrogens is 328 g/mol. The Morgan fingerprint density at radius 2 is 1.69 bits per heavy atom. The van der Waals surface area contributed by atoms with E-state index in [0.717, 1.165) is 37.5 Å². The van der Waals surface area contributed by atoms with Crippen LogP contribution < -0.4 is 14.4 Å². The Bertz CT molecular complexity index is 766. The van der Waals surface area contributed by atoms with Gasteiger partial charge in [-0.2, -0.15) is 0 Å². The van der Waals surface area contributed by atoms with Crippen molar-refractivity contribution in [3.63, 3.8) is 0 Å². The summed E-state index contributed by atoms with van der Waals surface area (Å²) in [6.07, 6.45) is 3.41. The third-order valence-electron chi connectivity index (χ3n) is 4.56. The zero-order valence-electron chi connectivity index (χ0n) is 15.2. The van der Waals surface area contributed by atoms with Gasteiger partial charge in [0.1, 0.15) is 11.5 Å². The number of carbonyl (C=O) groups excluding carboxylic acids is 1. The van der Waals surface area contributed by atoms with Crippen molar-refractivity contribution < 1.29 is 14.3 Å². The van der Waals surface area contributed by atoms with Gasteiger partial charge in [0.15, 0.2) is 0 Å². The average Bonchev–Trinajstić information content (AvgIpc) is 2.72. The molecule has 136 valence electrons. The van der Waals surface area contributed by atoms with E-state index in [1.54, 1.807) is 26.4 Å². The molecule has 0 spiro atoms. The third kappa shape index (κ3) is 4.17. The van der Waals surface area contributed by atoms with E-state index >= 15 is 0 Å². The number of nitrogens with zero attached hydrogens (tertiary/aromatic N) is 2. The molecule has 2 aromatic carbocycles. The van der Waals surface area contributed by atoms with Gasteiger partial charge in [0.2, 0.25) is 5.91 Å². The lowest BCUT2D eigenvalue weighted by Crippen LogP contribution is -2.48. The fourth-order valence-electron chi connectivity index (χ4n) is 3.05. The fourth-order valence-corrected chi connectivity index (χ4v) is 3.05. The summed E-state index contributed by atoms with van der Waals surface area (Å²) in [4.78, 5) is 16.7. The monoisotopic (exact) mass is 352 g/mol. The lowest BCUT2D eigenvalue weighted by atomic mass is 10.1. The first-order valence-electron chi connectivity index (χ1n) is 8.70. The van der Waals surface area contributed by atoms with Crippen LogP contribution in [0.1, 0.15) is 5.56 Å². The highest BCUT2D eigenvalue weighted by atomic mass is 16.5. The molecule has 0 unspecified atom stereocenters. The van der Waals surface area contributed by atoms with Crippen molar-refractivity contribution in [3.05, 3.63) is 60.2 Å². The molecule has 0 saturated carbocycles. The second-order valence-electron chi connectivity index (χ2n) is 6.09. The zero-order chi connectivity index (χ0) is 18.4. The van der Waals surface area contributed by atoms with E-state index in [2.05, 4.69) is 17.0 Å². The minimum atomic E-state index is 0.0237. The number of rotatable bonds is 5. The molecule has 1 aliphatic heterocycles. The van der Waals surface area contributed by atoms with Crippen LogP contribution in [0.25, 0.3) is 6.08 Å². The van der Waals surface area contributed by atoms with Crippen LogP contribution in [0.5, 0.6) is 11.5 Å². The molecule has 0 N–H and O–H groups in total. The van der Waals surface area contributed by atoms with Crippen LogP contribution >= 0.6 is 0 Å². The number of amides is 1. The van der Waals surface area contributed by atoms with Crippen molar-refractivity contribution in [2.75, 3.05) is 45.3 Å². The molecule has 5 heteroatoms.